The van der Waals surface area contributed by atoms with Crippen LogP contribution in [0.3, 0.4) is 0 Å². The van der Waals surface area contributed by atoms with E-state index in [1.165, 1.54) is 30.3 Å². The topological polar surface area (TPSA) is 73.7 Å². The summed E-state index contributed by atoms with van der Waals surface area (Å²) in [5, 5.41) is 11.5. The van der Waals surface area contributed by atoms with Crippen LogP contribution in [0, 0.1) is 11.3 Å². The Balaban J connectivity index is 1.94. The van der Waals surface area contributed by atoms with Crippen LogP contribution in [-0.2, 0) is 9.84 Å². The van der Waals surface area contributed by atoms with E-state index in [2.05, 4.69) is 4.98 Å². The average Bonchev–Trinajstić information content (AvgIpc) is 3.11. The Morgan fingerprint density at radius 3 is 2.13 bits per heavy atom. The minimum absolute atomic E-state index is 0.00702. The summed E-state index contributed by atoms with van der Waals surface area (Å²) in [5.74, 6) is 0. The first kappa shape index (κ1) is 20.2. The summed E-state index contributed by atoms with van der Waals surface area (Å²) in [6.45, 7) is 0. The van der Waals surface area contributed by atoms with Crippen molar-refractivity contribution in [3.8, 4) is 17.3 Å². The van der Waals surface area contributed by atoms with Crippen LogP contribution in [0.4, 0.5) is 0 Å². The molecule has 7 heteroatoms. The third kappa shape index (κ3) is 3.73. The van der Waals surface area contributed by atoms with Crippen LogP contribution in [0.15, 0.2) is 82.6 Å². The van der Waals surface area contributed by atoms with Crippen molar-refractivity contribution in [3.63, 3.8) is 0 Å². The zero-order chi connectivity index (χ0) is 21.3. The number of sulfone groups is 1. The van der Waals surface area contributed by atoms with E-state index < -0.39 is 9.84 Å². The predicted molar refractivity (Wildman–Crippen MR) is 121 cm³/mol. The zero-order valence-corrected chi connectivity index (χ0v) is 17.8. The standard InChI is InChI=1S/C23H14Cl2N2O2S/c24-16-7-5-15(6-8-16)23-21(20-3-1-2-4-22(20)27-23)13-19(14-26)30(28,29)18-11-9-17(25)10-12-18/h1-13,27H. The molecule has 0 aliphatic rings. The zero-order valence-electron chi connectivity index (χ0n) is 15.4. The quantitative estimate of drug-likeness (QED) is 0.360. The lowest BCUT2D eigenvalue weighted by Gasteiger charge is -2.05. The number of nitriles is 1. The van der Waals surface area contributed by atoms with E-state index in [1.807, 2.05) is 42.5 Å². The van der Waals surface area contributed by atoms with Crippen LogP contribution >= 0.6 is 23.2 Å². The summed E-state index contributed by atoms with van der Waals surface area (Å²) >= 11 is 11.9. The highest BCUT2D eigenvalue weighted by Crippen LogP contribution is 2.34. The van der Waals surface area contributed by atoms with Crippen LogP contribution in [0.1, 0.15) is 5.56 Å². The number of aromatic nitrogens is 1. The fourth-order valence-electron chi connectivity index (χ4n) is 3.20. The molecule has 0 radical (unpaired) electrons. The van der Waals surface area contributed by atoms with Gasteiger partial charge in [-0.2, -0.15) is 5.26 Å². The lowest BCUT2D eigenvalue weighted by molar-refractivity contribution is 0.603. The smallest absolute Gasteiger partial charge is 0.216 e. The predicted octanol–water partition coefficient (Wildman–Crippen LogP) is 6.48. The second-order valence-electron chi connectivity index (χ2n) is 6.54. The maximum atomic E-state index is 13.1. The van der Waals surface area contributed by atoms with Gasteiger partial charge >= 0.3 is 0 Å². The molecule has 4 aromatic rings. The minimum atomic E-state index is -4.01. The number of fused-ring (bicyclic) bond motifs is 1. The largest absolute Gasteiger partial charge is 0.354 e. The summed E-state index contributed by atoms with van der Waals surface area (Å²) in [6.07, 6.45) is 1.41. The number of H-pyrrole nitrogens is 1. The van der Waals surface area contributed by atoms with Crippen molar-refractivity contribution in [2.45, 2.75) is 4.90 Å². The Bertz CT molecular complexity index is 1410. The van der Waals surface area contributed by atoms with Gasteiger partial charge in [0.1, 0.15) is 11.0 Å². The van der Waals surface area contributed by atoms with E-state index in [4.69, 9.17) is 23.2 Å². The Kier molecular flexibility index (Phi) is 5.40. The van der Waals surface area contributed by atoms with Gasteiger partial charge in [0.2, 0.25) is 9.84 Å². The third-order valence-electron chi connectivity index (χ3n) is 4.68. The third-order valence-corrected chi connectivity index (χ3v) is 6.86. The number of para-hydroxylation sites is 1. The van der Waals surface area contributed by atoms with Gasteiger partial charge in [-0.05, 0) is 54.1 Å². The van der Waals surface area contributed by atoms with Crippen molar-refractivity contribution in [2.24, 2.45) is 0 Å². The van der Waals surface area contributed by atoms with Crippen molar-refractivity contribution in [3.05, 3.63) is 93.3 Å². The van der Waals surface area contributed by atoms with Crippen LogP contribution in [0.2, 0.25) is 10.0 Å². The van der Waals surface area contributed by atoms with Gasteiger partial charge in [-0.25, -0.2) is 8.42 Å². The van der Waals surface area contributed by atoms with E-state index in [1.54, 1.807) is 12.1 Å². The number of aromatic amines is 1. The van der Waals surface area contributed by atoms with Crippen molar-refractivity contribution >= 4 is 50.0 Å². The van der Waals surface area contributed by atoms with E-state index in [0.717, 1.165) is 16.5 Å². The molecule has 0 spiro atoms. The van der Waals surface area contributed by atoms with Crippen LogP contribution in [0.5, 0.6) is 0 Å². The van der Waals surface area contributed by atoms with Crippen molar-refractivity contribution in [1.82, 2.24) is 4.98 Å². The minimum Gasteiger partial charge on any atom is -0.354 e. The summed E-state index contributed by atoms with van der Waals surface area (Å²) in [6, 6.07) is 22.3. The molecule has 0 atom stereocenters. The first-order valence-electron chi connectivity index (χ1n) is 8.89. The molecule has 0 saturated heterocycles. The first-order chi connectivity index (χ1) is 14.4. The van der Waals surface area contributed by atoms with E-state index in [-0.39, 0.29) is 9.80 Å². The van der Waals surface area contributed by atoms with Crippen LogP contribution in [-0.4, -0.2) is 13.4 Å². The van der Waals surface area contributed by atoms with Crippen molar-refractivity contribution in [2.75, 3.05) is 0 Å². The van der Waals surface area contributed by atoms with Gasteiger partial charge in [-0.15, -0.1) is 0 Å². The number of rotatable bonds is 4. The molecule has 30 heavy (non-hydrogen) atoms. The molecule has 4 rings (SSSR count). The Morgan fingerprint density at radius 1 is 0.900 bits per heavy atom. The molecule has 0 saturated carbocycles. The highest BCUT2D eigenvalue weighted by atomic mass is 35.5. The molecule has 148 valence electrons. The van der Waals surface area contributed by atoms with Gasteiger partial charge in [0, 0.05) is 26.5 Å². The number of benzene rings is 3. The Morgan fingerprint density at radius 2 is 1.50 bits per heavy atom. The molecule has 4 nitrogen and oxygen atoms in total. The molecule has 0 bridgehead atoms. The van der Waals surface area contributed by atoms with E-state index in [0.29, 0.717) is 21.3 Å². The molecule has 0 unspecified atom stereocenters. The number of nitrogens with one attached hydrogen (secondary N) is 1. The van der Waals surface area contributed by atoms with E-state index >= 15 is 0 Å². The normalized spacial score (nSPS) is 12.1. The number of halogens is 2. The Hall–Kier alpha value is -3.04. The first-order valence-corrected chi connectivity index (χ1v) is 11.1. The lowest BCUT2D eigenvalue weighted by Crippen LogP contribution is -2.03. The Labute approximate surface area is 183 Å². The molecule has 0 aliphatic heterocycles. The van der Waals surface area contributed by atoms with Gasteiger partial charge in [0.25, 0.3) is 0 Å². The monoisotopic (exact) mass is 452 g/mol. The summed E-state index contributed by atoms with van der Waals surface area (Å²) < 4.78 is 26.1. The van der Waals surface area contributed by atoms with Gasteiger partial charge in [0.05, 0.1) is 10.6 Å². The molecule has 1 heterocycles. The molecule has 0 aliphatic carbocycles. The second kappa shape index (κ2) is 8.00. The molecular formula is C23H14Cl2N2O2S. The summed E-state index contributed by atoms with van der Waals surface area (Å²) in [7, 11) is -4.01. The number of nitrogens with zero attached hydrogens (tertiary/aromatic N) is 1. The fraction of sp³-hybridized carbons (Fsp3) is 0. The van der Waals surface area contributed by atoms with Gasteiger partial charge in [-0.1, -0.05) is 53.5 Å². The highest BCUT2D eigenvalue weighted by molar-refractivity contribution is 7.95. The van der Waals surface area contributed by atoms with Gasteiger partial charge < -0.3 is 4.98 Å². The average molecular weight is 453 g/mol. The van der Waals surface area contributed by atoms with Crippen LogP contribution < -0.4 is 0 Å². The van der Waals surface area contributed by atoms with Crippen molar-refractivity contribution in [1.29, 1.82) is 5.26 Å². The lowest BCUT2D eigenvalue weighted by atomic mass is 10.0. The molecule has 3 aromatic carbocycles. The highest BCUT2D eigenvalue weighted by Gasteiger charge is 2.22. The summed E-state index contributed by atoms with van der Waals surface area (Å²) in [4.78, 5) is 2.97. The van der Waals surface area contributed by atoms with E-state index in [9.17, 15) is 13.7 Å². The molecule has 0 fully saturated rings. The maximum absolute atomic E-state index is 13.1. The number of allylic oxidation sites excluding steroid dienone is 1. The SMILES string of the molecule is N#CC(=Cc1c(-c2ccc(Cl)cc2)[nH]c2ccccc12)S(=O)(=O)c1ccc(Cl)cc1. The van der Waals surface area contributed by atoms with Crippen molar-refractivity contribution < 1.29 is 8.42 Å². The molecular weight excluding hydrogens is 439 g/mol. The fourth-order valence-corrected chi connectivity index (χ4v) is 4.59. The maximum Gasteiger partial charge on any atom is 0.216 e. The second-order valence-corrected chi connectivity index (χ2v) is 9.33. The summed E-state index contributed by atoms with van der Waals surface area (Å²) in [5.41, 5.74) is 2.96. The number of hydrogen-bond acceptors (Lipinski definition) is 3. The van der Waals surface area contributed by atoms with Gasteiger partial charge in [-0.3, -0.25) is 0 Å². The molecule has 1 N–H and O–H groups in total. The number of hydrogen-bond donors (Lipinski definition) is 1. The molecule has 1 aromatic heterocycles. The molecule has 0 amide bonds. The van der Waals surface area contributed by atoms with Crippen LogP contribution in [0.25, 0.3) is 28.2 Å². The van der Waals surface area contributed by atoms with Gasteiger partial charge in [0.15, 0.2) is 0 Å².